The Balaban J connectivity index is 1.58. The number of aryl methyl sites for hydroxylation is 1. The second kappa shape index (κ2) is 5.36. The lowest BCUT2D eigenvalue weighted by Gasteiger charge is -2.33. The SMILES string of the molecule is Cn1ncc2c(N3CCC[C@H](Cn4cncn4)C3)ncnc21. The highest BCUT2D eigenvalue weighted by Gasteiger charge is 2.23. The van der Waals surface area contributed by atoms with E-state index in [2.05, 4.69) is 30.0 Å². The zero-order valence-electron chi connectivity index (χ0n) is 12.5. The molecule has 0 amide bonds. The van der Waals surface area contributed by atoms with Crippen LogP contribution in [0.3, 0.4) is 0 Å². The lowest BCUT2D eigenvalue weighted by atomic mass is 9.98. The summed E-state index contributed by atoms with van der Waals surface area (Å²) in [5, 5.41) is 9.53. The van der Waals surface area contributed by atoms with Crippen LogP contribution in [0.25, 0.3) is 11.0 Å². The molecular formula is C14H18N8. The van der Waals surface area contributed by atoms with Crippen LogP contribution in [0.2, 0.25) is 0 Å². The first-order valence-electron chi connectivity index (χ1n) is 7.51. The summed E-state index contributed by atoms with van der Waals surface area (Å²) in [7, 11) is 1.91. The number of hydrogen-bond acceptors (Lipinski definition) is 6. The van der Waals surface area contributed by atoms with E-state index in [4.69, 9.17) is 0 Å². The number of aromatic nitrogens is 7. The topological polar surface area (TPSA) is 77.5 Å². The first-order chi connectivity index (χ1) is 10.8. The van der Waals surface area contributed by atoms with E-state index in [-0.39, 0.29) is 0 Å². The quantitative estimate of drug-likeness (QED) is 0.714. The van der Waals surface area contributed by atoms with Gasteiger partial charge in [0, 0.05) is 26.7 Å². The van der Waals surface area contributed by atoms with Gasteiger partial charge < -0.3 is 4.90 Å². The highest BCUT2D eigenvalue weighted by molar-refractivity contribution is 5.86. The van der Waals surface area contributed by atoms with Crippen molar-refractivity contribution in [2.75, 3.05) is 18.0 Å². The standard InChI is InChI=1S/C14H18N8/c1-20-13-12(5-18-20)14(17-9-16-13)21-4-2-3-11(6-21)7-22-10-15-8-19-22/h5,8-11H,2-4,6-7H2,1H3/t11-/m0/s1. The Labute approximate surface area is 127 Å². The molecule has 0 spiro atoms. The molecule has 0 saturated carbocycles. The zero-order valence-corrected chi connectivity index (χ0v) is 12.5. The lowest BCUT2D eigenvalue weighted by molar-refractivity contribution is 0.350. The van der Waals surface area contributed by atoms with Gasteiger partial charge in [-0.25, -0.2) is 15.0 Å². The summed E-state index contributed by atoms with van der Waals surface area (Å²) in [5.74, 6) is 1.54. The maximum absolute atomic E-state index is 4.50. The van der Waals surface area contributed by atoms with Gasteiger partial charge in [0.05, 0.1) is 11.6 Å². The average molecular weight is 298 g/mol. The van der Waals surface area contributed by atoms with Gasteiger partial charge in [-0.05, 0) is 18.8 Å². The van der Waals surface area contributed by atoms with Crippen LogP contribution in [0, 0.1) is 5.92 Å². The van der Waals surface area contributed by atoms with Gasteiger partial charge in [0.1, 0.15) is 24.8 Å². The minimum atomic E-state index is 0.553. The maximum atomic E-state index is 4.50. The monoisotopic (exact) mass is 298 g/mol. The third-order valence-corrected chi connectivity index (χ3v) is 4.24. The molecule has 114 valence electrons. The van der Waals surface area contributed by atoms with Crippen LogP contribution in [-0.2, 0) is 13.6 Å². The van der Waals surface area contributed by atoms with Crippen LogP contribution < -0.4 is 4.90 Å². The molecule has 22 heavy (non-hydrogen) atoms. The summed E-state index contributed by atoms with van der Waals surface area (Å²) in [5.41, 5.74) is 0.878. The summed E-state index contributed by atoms with van der Waals surface area (Å²) in [4.78, 5) is 15.2. The molecule has 3 aromatic heterocycles. The number of rotatable bonds is 3. The summed E-state index contributed by atoms with van der Waals surface area (Å²) >= 11 is 0. The third-order valence-electron chi connectivity index (χ3n) is 4.24. The fraction of sp³-hybridized carbons (Fsp3) is 0.500. The van der Waals surface area contributed by atoms with Gasteiger partial charge >= 0.3 is 0 Å². The molecule has 1 atom stereocenters. The summed E-state index contributed by atoms with van der Waals surface area (Å²) < 4.78 is 3.70. The van der Waals surface area contributed by atoms with Crippen LogP contribution in [0.4, 0.5) is 5.82 Å². The molecule has 3 aromatic rings. The van der Waals surface area contributed by atoms with E-state index in [9.17, 15) is 0 Å². The first-order valence-corrected chi connectivity index (χ1v) is 7.51. The molecule has 1 fully saturated rings. The van der Waals surface area contributed by atoms with E-state index >= 15 is 0 Å². The minimum absolute atomic E-state index is 0.553. The Bertz CT molecular complexity index is 762. The molecule has 4 rings (SSSR count). The van der Waals surface area contributed by atoms with Crippen molar-refractivity contribution in [3.8, 4) is 0 Å². The van der Waals surface area contributed by atoms with E-state index in [0.717, 1.165) is 42.9 Å². The molecule has 0 aliphatic carbocycles. The van der Waals surface area contributed by atoms with Crippen LogP contribution in [-0.4, -0.2) is 47.6 Å². The Morgan fingerprint density at radius 3 is 3.05 bits per heavy atom. The fourth-order valence-electron chi connectivity index (χ4n) is 3.20. The zero-order chi connectivity index (χ0) is 14.9. The van der Waals surface area contributed by atoms with E-state index < -0.39 is 0 Å². The second-order valence-electron chi connectivity index (χ2n) is 5.77. The molecule has 1 saturated heterocycles. The van der Waals surface area contributed by atoms with Crippen molar-refractivity contribution in [2.24, 2.45) is 13.0 Å². The van der Waals surface area contributed by atoms with Gasteiger partial charge in [-0.3, -0.25) is 9.36 Å². The molecule has 0 N–H and O–H groups in total. The van der Waals surface area contributed by atoms with Gasteiger partial charge in [0.2, 0.25) is 0 Å². The molecule has 0 radical (unpaired) electrons. The number of anilines is 1. The van der Waals surface area contributed by atoms with Crippen LogP contribution >= 0.6 is 0 Å². The summed E-state index contributed by atoms with van der Waals surface area (Å²) in [6.07, 6.45) is 9.21. The number of nitrogens with zero attached hydrogens (tertiary/aromatic N) is 8. The summed E-state index contributed by atoms with van der Waals surface area (Å²) in [6.45, 7) is 2.90. The molecule has 8 nitrogen and oxygen atoms in total. The van der Waals surface area contributed by atoms with Gasteiger partial charge in [0.15, 0.2) is 5.65 Å². The first kappa shape index (κ1) is 13.2. The smallest absolute Gasteiger partial charge is 0.163 e. The number of piperidine rings is 1. The largest absolute Gasteiger partial charge is 0.356 e. The Kier molecular flexibility index (Phi) is 3.21. The van der Waals surface area contributed by atoms with E-state index in [0.29, 0.717) is 5.92 Å². The van der Waals surface area contributed by atoms with Gasteiger partial charge in [-0.15, -0.1) is 0 Å². The molecule has 1 aliphatic heterocycles. The Hall–Kier alpha value is -2.51. The Morgan fingerprint density at radius 1 is 1.23 bits per heavy atom. The van der Waals surface area contributed by atoms with Crippen molar-refractivity contribution in [1.82, 2.24) is 34.5 Å². The van der Waals surface area contributed by atoms with E-state index in [1.807, 2.05) is 17.9 Å². The maximum Gasteiger partial charge on any atom is 0.163 e. The molecule has 0 unspecified atom stereocenters. The average Bonchev–Trinajstić information content (AvgIpc) is 3.18. The Morgan fingerprint density at radius 2 is 2.18 bits per heavy atom. The van der Waals surface area contributed by atoms with Crippen molar-refractivity contribution in [3.63, 3.8) is 0 Å². The predicted octanol–water partition coefficient (Wildman–Crippen LogP) is 0.871. The van der Waals surface area contributed by atoms with Crippen molar-refractivity contribution in [2.45, 2.75) is 19.4 Å². The predicted molar refractivity (Wildman–Crippen MR) is 81.3 cm³/mol. The van der Waals surface area contributed by atoms with Crippen LogP contribution in [0.5, 0.6) is 0 Å². The number of fused-ring (bicyclic) bond motifs is 1. The molecule has 8 heteroatoms. The van der Waals surface area contributed by atoms with Crippen molar-refractivity contribution >= 4 is 16.9 Å². The minimum Gasteiger partial charge on any atom is -0.356 e. The molecular weight excluding hydrogens is 280 g/mol. The third kappa shape index (κ3) is 2.30. The lowest BCUT2D eigenvalue weighted by Crippen LogP contribution is -2.37. The summed E-state index contributed by atoms with van der Waals surface area (Å²) in [6, 6.07) is 0. The van der Waals surface area contributed by atoms with E-state index in [1.54, 1.807) is 23.7 Å². The van der Waals surface area contributed by atoms with Crippen LogP contribution in [0.1, 0.15) is 12.8 Å². The fourth-order valence-corrected chi connectivity index (χ4v) is 3.20. The van der Waals surface area contributed by atoms with Crippen molar-refractivity contribution < 1.29 is 0 Å². The second-order valence-corrected chi connectivity index (χ2v) is 5.77. The van der Waals surface area contributed by atoms with Crippen LogP contribution in [0.15, 0.2) is 25.2 Å². The highest BCUT2D eigenvalue weighted by atomic mass is 15.3. The molecule has 1 aliphatic rings. The van der Waals surface area contributed by atoms with E-state index in [1.165, 1.54) is 6.42 Å². The molecule has 0 bridgehead atoms. The molecule has 4 heterocycles. The number of hydrogen-bond donors (Lipinski definition) is 0. The van der Waals surface area contributed by atoms with Gasteiger partial charge in [-0.2, -0.15) is 10.2 Å². The van der Waals surface area contributed by atoms with Gasteiger partial charge in [0.25, 0.3) is 0 Å². The molecule has 0 aromatic carbocycles. The van der Waals surface area contributed by atoms with Crippen molar-refractivity contribution in [3.05, 3.63) is 25.2 Å². The van der Waals surface area contributed by atoms with Gasteiger partial charge in [-0.1, -0.05) is 0 Å². The highest BCUT2D eigenvalue weighted by Crippen LogP contribution is 2.27. The van der Waals surface area contributed by atoms with Crippen molar-refractivity contribution in [1.29, 1.82) is 0 Å². The normalized spacial score (nSPS) is 19.0.